The summed E-state index contributed by atoms with van der Waals surface area (Å²) in [6.07, 6.45) is 3.05. The number of phenols is 2. The summed E-state index contributed by atoms with van der Waals surface area (Å²) in [5.74, 6) is 0.356. The van der Waals surface area contributed by atoms with Gasteiger partial charge in [-0.05, 0) is 63.1 Å². The van der Waals surface area contributed by atoms with E-state index in [0.29, 0.717) is 11.1 Å². The molecule has 0 unspecified atom stereocenters. The summed E-state index contributed by atoms with van der Waals surface area (Å²) in [4.78, 5) is 9.75. The molecule has 41 heavy (non-hydrogen) atoms. The van der Waals surface area contributed by atoms with E-state index in [2.05, 4.69) is 0 Å². The van der Waals surface area contributed by atoms with Crippen LogP contribution >= 0.6 is 0 Å². The molecular weight excluding hydrogens is 548 g/mol. The Kier molecular flexibility index (Phi) is 16.9. The van der Waals surface area contributed by atoms with Crippen molar-refractivity contribution >= 4 is 12.4 Å². The summed E-state index contributed by atoms with van der Waals surface area (Å²) in [5.41, 5.74) is 3.29. The molecule has 4 aromatic rings. The number of phenolic OH excluding ortho intramolecular Hbond substituents is 2. The second-order valence-corrected chi connectivity index (χ2v) is 9.57. The van der Waals surface area contributed by atoms with Crippen molar-refractivity contribution in [3.05, 3.63) is 131 Å². The minimum atomic E-state index is -0.333. The third-order valence-electron chi connectivity index (χ3n) is 5.20. The van der Waals surface area contributed by atoms with Gasteiger partial charge < -0.3 is 20.4 Å². The molecule has 0 saturated carbocycles. The van der Waals surface area contributed by atoms with E-state index in [-0.39, 0.29) is 57.5 Å². The third-order valence-corrected chi connectivity index (χ3v) is 5.20. The Bertz CT molecular complexity index is 1200. The van der Waals surface area contributed by atoms with Crippen LogP contribution in [0.4, 0.5) is 0 Å². The summed E-state index contributed by atoms with van der Waals surface area (Å²) >= 11 is 0. The standard InChI is InChI=1S/C28H24N2O2.2C3H8O.Ti/c31-25-17-9-7-15-23(25)19-29-27(21-11-3-1-4-12-21)28(22-13-5-2-6-14-22)30-20-24-16-8-10-18-26(24)32;2*1-3(2)4;/h1-20,27-28,31-32H;2*3-4H,1-2H3;/t27-,28-;;;/m0.../s1. The molecule has 0 amide bonds. The summed E-state index contributed by atoms with van der Waals surface area (Å²) in [6.45, 7) is 6.89. The van der Waals surface area contributed by atoms with E-state index in [4.69, 9.17) is 20.2 Å². The van der Waals surface area contributed by atoms with Crippen molar-refractivity contribution in [3.63, 3.8) is 0 Å². The normalized spacial score (nSPS) is 12.2. The van der Waals surface area contributed by atoms with Gasteiger partial charge in [-0.3, -0.25) is 9.98 Å². The van der Waals surface area contributed by atoms with Gasteiger partial charge in [-0.15, -0.1) is 0 Å². The maximum atomic E-state index is 10.2. The predicted molar refractivity (Wildman–Crippen MR) is 164 cm³/mol. The Morgan fingerprint density at radius 3 is 1.05 bits per heavy atom. The van der Waals surface area contributed by atoms with Gasteiger partial charge in [-0.2, -0.15) is 0 Å². The zero-order valence-electron chi connectivity index (χ0n) is 24.0. The molecule has 7 heteroatoms. The Balaban J connectivity index is 0.000000830. The van der Waals surface area contributed by atoms with E-state index < -0.39 is 0 Å². The van der Waals surface area contributed by atoms with E-state index in [9.17, 15) is 10.2 Å². The van der Waals surface area contributed by atoms with Gasteiger partial charge in [0.05, 0.1) is 0 Å². The van der Waals surface area contributed by atoms with Crippen molar-refractivity contribution < 1.29 is 42.1 Å². The van der Waals surface area contributed by atoms with E-state index in [0.717, 1.165) is 11.1 Å². The average Bonchev–Trinajstić information content (AvgIpc) is 2.92. The topological polar surface area (TPSA) is 106 Å². The second-order valence-electron chi connectivity index (χ2n) is 9.57. The fourth-order valence-corrected chi connectivity index (χ4v) is 3.51. The van der Waals surface area contributed by atoms with Gasteiger partial charge in [-0.1, -0.05) is 84.9 Å². The molecule has 4 N–H and O–H groups in total. The molecule has 6 nitrogen and oxygen atoms in total. The molecule has 4 rings (SSSR count). The van der Waals surface area contributed by atoms with Crippen LogP contribution in [-0.4, -0.2) is 45.1 Å². The summed E-state index contributed by atoms with van der Waals surface area (Å²) in [7, 11) is 0. The van der Waals surface area contributed by atoms with Gasteiger partial charge >= 0.3 is 0 Å². The van der Waals surface area contributed by atoms with Crippen LogP contribution in [0.3, 0.4) is 0 Å². The largest absolute Gasteiger partial charge is 0.507 e. The monoisotopic (exact) mass is 588 g/mol. The van der Waals surface area contributed by atoms with Crippen molar-refractivity contribution in [1.82, 2.24) is 0 Å². The minimum Gasteiger partial charge on any atom is -0.507 e. The van der Waals surface area contributed by atoms with Crippen molar-refractivity contribution in [3.8, 4) is 11.5 Å². The van der Waals surface area contributed by atoms with Gasteiger partial charge in [-0.25, -0.2) is 0 Å². The molecule has 0 spiro atoms. The summed E-state index contributed by atoms with van der Waals surface area (Å²) < 4.78 is 0. The van der Waals surface area contributed by atoms with E-state index >= 15 is 0 Å². The predicted octanol–water partition coefficient (Wildman–Crippen LogP) is 6.89. The first-order chi connectivity index (χ1) is 19.2. The number of rotatable bonds is 7. The molecule has 0 aliphatic carbocycles. The number of aromatic hydroxyl groups is 2. The first-order valence-electron chi connectivity index (χ1n) is 13.3. The van der Waals surface area contributed by atoms with Gasteiger partial charge in [0.2, 0.25) is 0 Å². The summed E-state index contributed by atoms with van der Waals surface area (Å²) in [5, 5.41) is 36.5. The van der Waals surface area contributed by atoms with Gasteiger partial charge in [0.1, 0.15) is 23.6 Å². The average molecular weight is 589 g/mol. The zero-order valence-corrected chi connectivity index (χ0v) is 25.6. The summed E-state index contributed by atoms with van der Waals surface area (Å²) in [6, 6.07) is 33.5. The number of aliphatic hydroxyl groups excluding tert-OH is 2. The quantitative estimate of drug-likeness (QED) is 0.139. The van der Waals surface area contributed by atoms with E-state index in [1.54, 1.807) is 64.4 Å². The first kappa shape index (κ1) is 35.5. The fourth-order valence-electron chi connectivity index (χ4n) is 3.51. The van der Waals surface area contributed by atoms with Crippen LogP contribution in [0.1, 0.15) is 62.0 Å². The van der Waals surface area contributed by atoms with Crippen molar-refractivity contribution in [1.29, 1.82) is 0 Å². The number of para-hydroxylation sites is 2. The molecule has 0 fully saturated rings. The molecule has 0 heterocycles. The van der Waals surface area contributed by atoms with Crippen LogP contribution in [-0.2, 0) is 21.7 Å². The van der Waals surface area contributed by atoms with Crippen LogP contribution in [0.15, 0.2) is 119 Å². The maximum absolute atomic E-state index is 10.2. The first-order valence-corrected chi connectivity index (χ1v) is 13.3. The molecular formula is C34H40N2O4Ti. The number of benzene rings is 4. The fraction of sp³-hybridized carbons (Fsp3) is 0.235. The van der Waals surface area contributed by atoms with E-state index in [1.807, 2.05) is 84.9 Å². The molecule has 2 atom stereocenters. The van der Waals surface area contributed by atoms with Crippen molar-refractivity contribution in [2.75, 3.05) is 0 Å². The molecule has 0 saturated heterocycles. The third kappa shape index (κ3) is 13.6. The SMILES string of the molecule is CC(C)O.CC(C)O.Oc1ccccc1C=N[C@@H](c1ccccc1)[C@@H](N=Cc1ccccc1O)c1ccccc1.[Ti]. The number of hydrogen-bond acceptors (Lipinski definition) is 6. The Labute approximate surface area is 258 Å². The van der Waals surface area contributed by atoms with Crippen LogP contribution in [0.5, 0.6) is 11.5 Å². The van der Waals surface area contributed by atoms with Crippen LogP contribution in [0, 0.1) is 0 Å². The molecule has 214 valence electrons. The molecule has 0 aliphatic heterocycles. The number of aliphatic hydroxyl groups is 2. The maximum Gasteiger partial charge on any atom is 0.124 e. The Hall–Kier alpha value is -3.55. The molecule has 4 aromatic carbocycles. The molecule has 0 aliphatic rings. The van der Waals surface area contributed by atoms with Crippen LogP contribution < -0.4 is 0 Å². The van der Waals surface area contributed by atoms with Crippen LogP contribution in [0.25, 0.3) is 0 Å². The van der Waals surface area contributed by atoms with Gasteiger partial charge in [0.25, 0.3) is 0 Å². The molecule has 0 radical (unpaired) electrons. The second kappa shape index (κ2) is 19.5. The van der Waals surface area contributed by atoms with Gasteiger partial charge in [0, 0.05) is 57.5 Å². The Morgan fingerprint density at radius 2 is 0.756 bits per heavy atom. The zero-order chi connectivity index (χ0) is 29.3. The molecule has 0 bridgehead atoms. The number of aliphatic imine (C=N–C) groups is 2. The minimum absolute atomic E-state index is 0. The molecule has 0 aromatic heterocycles. The van der Waals surface area contributed by atoms with Crippen molar-refractivity contribution in [2.45, 2.75) is 52.0 Å². The Morgan fingerprint density at radius 1 is 0.488 bits per heavy atom. The number of hydrogen-bond donors (Lipinski definition) is 4. The van der Waals surface area contributed by atoms with Gasteiger partial charge in [0.15, 0.2) is 0 Å². The number of nitrogens with zero attached hydrogens (tertiary/aromatic N) is 2. The smallest absolute Gasteiger partial charge is 0.124 e. The van der Waals surface area contributed by atoms with E-state index in [1.165, 1.54) is 0 Å². The van der Waals surface area contributed by atoms with Crippen molar-refractivity contribution in [2.24, 2.45) is 9.98 Å². The van der Waals surface area contributed by atoms with Crippen LogP contribution in [0.2, 0.25) is 0 Å².